The highest BCUT2D eigenvalue weighted by atomic mass is 19.4. The van der Waals surface area contributed by atoms with E-state index in [9.17, 15) is 18.3 Å². The van der Waals surface area contributed by atoms with Gasteiger partial charge in [-0.05, 0) is 24.8 Å². The summed E-state index contributed by atoms with van der Waals surface area (Å²) in [4.78, 5) is 0. The lowest BCUT2D eigenvalue weighted by atomic mass is 10.1. The summed E-state index contributed by atoms with van der Waals surface area (Å²) in [6.07, 6.45) is -1.32. The van der Waals surface area contributed by atoms with E-state index < -0.39 is 17.9 Å². The zero-order valence-corrected chi connectivity index (χ0v) is 9.06. The van der Waals surface area contributed by atoms with E-state index in [0.717, 1.165) is 23.6 Å². The van der Waals surface area contributed by atoms with Gasteiger partial charge in [-0.3, -0.25) is 4.68 Å². The van der Waals surface area contributed by atoms with Crippen molar-refractivity contribution in [1.82, 2.24) is 9.78 Å². The normalized spacial score (nSPS) is 20.3. The van der Waals surface area contributed by atoms with E-state index in [-0.39, 0.29) is 18.6 Å². The first-order valence-electron chi connectivity index (χ1n) is 5.42. The van der Waals surface area contributed by atoms with Crippen LogP contribution in [0.25, 0.3) is 0 Å². The predicted octanol–water partition coefficient (Wildman–Crippen LogP) is 1.17. The lowest BCUT2D eigenvalue weighted by molar-refractivity contribution is -0.141. The number of alkyl halides is 3. The van der Waals surface area contributed by atoms with E-state index in [1.54, 1.807) is 0 Å². The summed E-state index contributed by atoms with van der Waals surface area (Å²) in [6.45, 7) is -0.309. The van der Waals surface area contributed by atoms with Crippen LogP contribution in [0.5, 0.6) is 0 Å². The molecule has 3 N–H and O–H groups in total. The minimum atomic E-state index is -4.46. The van der Waals surface area contributed by atoms with Crippen LogP contribution in [0.4, 0.5) is 13.2 Å². The van der Waals surface area contributed by atoms with E-state index in [1.165, 1.54) is 6.20 Å². The molecule has 0 saturated heterocycles. The Morgan fingerprint density at radius 2 is 2.18 bits per heavy atom. The van der Waals surface area contributed by atoms with Crippen LogP contribution in [-0.2, 0) is 6.18 Å². The van der Waals surface area contributed by atoms with E-state index in [4.69, 9.17) is 5.73 Å². The van der Waals surface area contributed by atoms with Crippen LogP contribution in [0.1, 0.15) is 24.6 Å². The molecule has 0 bridgehead atoms. The van der Waals surface area contributed by atoms with Crippen molar-refractivity contribution in [2.45, 2.75) is 31.1 Å². The SMILES string of the molecule is NC(C1CC1)C(CO)n1ccc(C(F)(F)F)n1. The van der Waals surface area contributed by atoms with Crippen LogP contribution in [0, 0.1) is 5.92 Å². The van der Waals surface area contributed by atoms with Crippen molar-refractivity contribution < 1.29 is 18.3 Å². The first-order chi connectivity index (χ1) is 7.93. The quantitative estimate of drug-likeness (QED) is 0.842. The van der Waals surface area contributed by atoms with E-state index in [1.807, 2.05) is 0 Å². The smallest absolute Gasteiger partial charge is 0.394 e. The van der Waals surface area contributed by atoms with Crippen LogP contribution < -0.4 is 5.73 Å². The Balaban J connectivity index is 2.16. The number of nitrogens with zero attached hydrogens (tertiary/aromatic N) is 2. The molecule has 1 fully saturated rings. The van der Waals surface area contributed by atoms with Crippen LogP contribution in [0.2, 0.25) is 0 Å². The molecule has 1 aliphatic carbocycles. The Kier molecular flexibility index (Phi) is 3.13. The third-order valence-electron chi connectivity index (χ3n) is 3.04. The minimum Gasteiger partial charge on any atom is -0.394 e. The molecule has 1 aliphatic rings. The maximum absolute atomic E-state index is 12.4. The molecule has 2 atom stereocenters. The summed E-state index contributed by atoms with van der Waals surface area (Å²) in [5.41, 5.74) is 4.92. The van der Waals surface area contributed by atoms with E-state index >= 15 is 0 Å². The second kappa shape index (κ2) is 4.30. The van der Waals surface area contributed by atoms with Crippen molar-refractivity contribution >= 4 is 0 Å². The first kappa shape index (κ1) is 12.4. The predicted molar refractivity (Wildman–Crippen MR) is 54.1 cm³/mol. The molecule has 1 aromatic heterocycles. The van der Waals surface area contributed by atoms with Crippen LogP contribution in [-0.4, -0.2) is 27.5 Å². The number of hydrogen-bond donors (Lipinski definition) is 2. The molecular weight excluding hydrogens is 235 g/mol. The third kappa shape index (κ3) is 2.61. The summed E-state index contributed by atoms with van der Waals surface area (Å²) in [5.74, 6) is 0.283. The topological polar surface area (TPSA) is 64.1 Å². The Labute approximate surface area is 96.2 Å². The van der Waals surface area contributed by atoms with Gasteiger partial charge in [-0.15, -0.1) is 0 Å². The summed E-state index contributed by atoms with van der Waals surface area (Å²) in [6, 6.07) is -0.0398. The van der Waals surface area contributed by atoms with Gasteiger partial charge < -0.3 is 10.8 Å². The summed E-state index contributed by atoms with van der Waals surface area (Å²) >= 11 is 0. The molecule has 0 aromatic carbocycles. The second-order valence-corrected chi connectivity index (χ2v) is 4.34. The molecule has 1 saturated carbocycles. The number of hydrogen-bond acceptors (Lipinski definition) is 3. The highest BCUT2D eigenvalue weighted by molar-refractivity contribution is 5.05. The van der Waals surface area contributed by atoms with Gasteiger partial charge in [0.05, 0.1) is 12.6 Å². The number of rotatable bonds is 4. The number of nitrogens with two attached hydrogens (primary N) is 1. The molecule has 1 heterocycles. The van der Waals surface area contributed by atoms with Gasteiger partial charge >= 0.3 is 6.18 Å². The summed E-state index contributed by atoms with van der Waals surface area (Å²) < 4.78 is 38.2. The van der Waals surface area contributed by atoms with Crippen LogP contribution >= 0.6 is 0 Å². The molecule has 0 amide bonds. The molecule has 0 spiro atoms. The molecule has 4 nitrogen and oxygen atoms in total. The van der Waals surface area contributed by atoms with E-state index in [2.05, 4.69) is 5.10 Å². The number of aliphatic hydroxyl groups excluding tert-OH is 1. The maximum Gasteiger partial charge on any atom is 0.435 e. The highest BCUT2D eigenvalue weighted by Crippen LogP contribution is 2.36. The third-order valence-corrected chi connectivity index (χ3v) is 3.04. The Morgan fingerprint density at radius 1 is 1.53 bits per heavy atom. The second-order valence-electron chi connectivity index (χ2n) is 4.34. The van der Waals surface area contributed by atoms with Crippen molar-refractivity contribution in [3.05, 3.63) is 18.0 Å². The van der Waals surface area contributed by atoms with Gasteiger partial charge in [0.25, 0.3) is 0 Å². The Hall–Kier alpha value is -1.08. The lowest BCUT2D eigenvalue weighted by Gasteiger charge is -2.22. The first-order valence-corrected chi connectivity index (χ1v) is 5.42. The van der Waals surface area contributed by atoms with Crippen molar-refractivity contribution in [3.8, 4) is 0 Å². The standard InChI is InChI=1S/C10H14F3N3O/c11-10(12,13)8-3-4-16(15-8)7(5-17)9(14)6-1-2-6/h3-4,6-7,9,17H,1-2,5,14H2. The van der Waals surface area contributed by atoms with Crippen LogP contribution in [0.3, 0.4) is 0 Å². The molecule has 0 radical (unpaired) electrons. The van der Waals surface area contributed by atoms with Crippen molar-refractivity contribution in [2.24, 2.45) is 11.7 Å². The minimum absolute atomic E-state index is 0.283. The zero-order valence-electron chi connectivity index (χ0n) is 9.06. The molecule has 0 aliphatic heterocycles. The van der Waals surface area contributed by atoms with Gasteiger partial charge in [-0.2, -0.15) is 18.3 Å². The molecule has 7 heteroatoms. The number of aromatic nitrogens is 2. The molecule has 2 rings (SSSR count). The average Bonchev–Trinajstić information content (AvgIpc) is 2.97. The Bertz CT molecular complexity index is 386. The van der Waals surface area contributed by atoms with Gasteiger partial charge in [0.1, 0.15) is 0 Å². The Morgan fingerprint density at radius 3 is 2.59 bits per heavy atom. The monoisotopic (exact) mass is 249 g/mol. The molecule has 1 aromatic rings. The lowest BCUT2D eigenvalue weighted by Crippen LogP contribution is -2.36. The molecular formula is C10H14F3N3O. The summed E-state index contributed by atoms with van der Waals surface area (Å²) in [7, 11) is 0. The largest absolute Gasteiger partial charge is 0.435 e. The number of aliphatic hydroxyl groups is 1. The van der Waals surface area contributed by atoms with Gasteiger partial charge in [-0.1, -0.05) is 0 Å². The summed E-state index contributed by atoms with van der Waals surface area (Å²) in [5, 5.41) is 12.7. The zero-order chi connectivity index (χ0) is 12.6. The fourth-order valence-electron chi connectivity index (χ4n) is 1.85. The fraction of sp³-hybridized carbons (Fsp3) is 0.700. The average molecular weight is 249 g/mol. The highest BCUT2D eigenvalue weighted by Gasteiger charge is 2.37. The van der Waals surface area contributed by atoms with Crippen molar-refractivity contribution in [1.29, 1.82) is 0 Å². The van der Waals surface area contributed by atoms with Gasteiger partial charge in [0, 0.05) is 12.2 Å². The van der Waals surface area contributed by atoms with Crippen molar-refractivity contribution in [2.75, 3.05) is 6.61 Å². The van der Waals surface area contributed by atoms with Crippen LogP contribution in [0.15, 0.2) is 12.3 Å². The fourth-order valence-corrected chi connectivity index (χ4v) is 1.85. The van der Waals surface area contributed by atoms with E-state index in [0.29, 0.717) is 0 Å². The molecule has 17 heavy (non-hydrogen) atoms. The van der Waals surface area contributed by atoms with Gasteiger partial charge in [0.2, 0.25) is 0 Å². The molecule has 96 valence electrons. The van der Waals surface area contributed by atoms with Gasteiger partial charge in [0.15, 0.2) is 5.69 Å². The number of halogens is 3. The van der Waals surface area contributed by atoms with Gasteiger partial charge in [-0.25, -0.2) is 0 Å². The maximum atomic E-state index is 12.4. The van der Waals surface area contributed by atoms with Crippen molar-refractivity contribution in [3.63, 3.8) is 0 Å². The molecule has 2 unspecified atom stereocenters.